The average Bonchev–Trinajstić information content (AvgIpc) is 3.24. The first-order valence-corrected chi connectivity index (χ1v) is 8.73. The number of fused-ring (bicyclic) bond motifs is 2. The van der Waals surface area contributed by atoms with Gasteiger partial charge in [-0.05, 0) is 18.9 Å². The lowest BCUT2D eigenvalue weighted by Gasteiger charge is -2.38. The van der Waals surface area contributed by atoms with E-state index in [0.717, 1.165) is 25.7 Å². The van der Waals surface area contributed by atoms with Crippen LogP contribution in [-0.2, 0) is 9.47 Å². The van der Waals surface area contributed by atoms with Crippen LogP contribution < -0.4 is 10.6 Å². The van der Waals surface area contributed by atoms with Crippen molar-refractivity contribution in [3.05, 3.63) is 18.5 Å². The lowest BCUT2D eigenvalue weighted by atomic mass is 9.95. The highest BCUT2D eigenvalue weighted by atomic mass is 16.7. The Balaban J connectivity index is 1.42. The summed E-state index contributed by atoms with van der Waals surface area (Å²) >= 11 is 0. The number of nitrogens with zero attached hydrogens (tertiary/aromatic N) is 2. The summed E-state index contributed by atoms with van der Waals surface area (Å²) in [6.45, 7) is 0.355. The maximum Gasteiger partial charge on any atom is 0.315 e. The molecule has 0 radical (unpaired) electrons. The molecule has 132 valence electrons. The molecule has 2 aliphatic heterocycles. The number of nitrogens with one attached hydrogen (secondary N) is 2. The number of urea groups is 1. The molecule has 4 rings (SSSR count). The van der Waals surface area contributed by atoms with Gasteiger partial charge in [-0.2, -0.15) is 5.10 Å². The molecular weight excluding hydrogens is 312 g/mol. The van der Waals surface area contributed by atoms with Crippen molar-refractivity contribution in [1.82, 2.24) is 20.4 Å². The van der Waals surface area contributed by atoms with E-state index in [2.05, 4.69) is 15.7 Å². The number of hydrogen-bond acceptors (Lipinski definition) is 5. The van der Waals surface area contributed by atoms with Gasteiger partial charge in [-0.3, -0.25) is 4.68 Å². The first-order valence-electron chi connectivity index (χ1n) is 8.73. The van der Waals surface area contributed by atoms with E-state index in [1.54, 1.807) is 23.1 Å². The van der Waals surface area contributed by atoms with E-state index in [0.29, 0.717) is 6.61 Å². The number of amides is 2. The molecule has 24 heavy (non-hydrogen) atoms. The largest absolute Gasteiger partial charge is 0.388 e. The maximum absolute atomic E-state index is 12.3. The van der Waals surface area contributed by atoms with Crippen LogP contribution >= 0.6 is 0 Å². The van der Waals surface area contributed by atoms with Crippen LogP contribution in [0.3, 0.4) is 0 Å². The van der Waals surface area contributed by atoms with Crippen molar-refractivity contribution in [1.29, 1.82) is 0 Å². The minimum Gasteiger partial charge on any atom is -0.388 e. The van der Waals surface area contributed by atoms with Crippen LogP contribution in [0.25, 0.3) is 0 Å². The molecule has 5 atom stereocenters. The van der Waals surface area contributed by atoms with Gasteiger partial charge < -0.3 is 25.2 Å². The molecule has 3 heterocycles. The minimum atomic E-state index is -0.826. The zero-order valence-corrected chi connectivity index (χ0v) is 13.5. The Kier molecular flexibility index (Phi) is 4.43. The van der Waals surface area contributed by atoms with Gasteiger partial charge in [0, 0.05) is 18.4 Å². The zero-order valence-electron chi connectivity index (χ0n) is 13.5. The highest BCUT2D eigenvalue weighted by molar-refractivity contribution is 5.74. The number of carbonyl (C=O) groups is 1. The van der Waals surface area contributed by atoms with Gasteiger partial charge >= 0.3 is 6.03 Å². The molecule has 1 aliphatic carbocycles. The van der Waals surface area contributed by atoms with Gasteiger partial charge in [-0.1, -0.05) is 19.3 Å². The Bertz CT molecular complexity index is 560. The summed E-state index contributed by atoms with van der Waals surface area (Å²) in [5, 5.41) is 20.9. The molecule has 2 amide bonds. The summed E-state index contributed by atoms with van der Waals surface area (Å²) < 4.78 is 13.1. The Morgan fingerprint density at radius 2 is 2.08 bits per heavy atom. The summed E-state index contributed by atoms with van der Waals surface area (Å²) in [5.74, 6) is 0. The van der Waals surface area contributed by atoms with E-state index in [-0.39, 0.29) is 18.2 Å². The van der Waals surface area contributed by atoms with Gasteiger partial charge in [0.25, 0.3) is 0 Å². The van der Waals surface area contributed by atoms with E-state index in [1.165, 1.54) is 6.42 Å². The van der Waals surface area contributed by atoms with E-state index in [9.17, 15) is 9.90 Å². The molecule has 3 fully saturated rings. The number of carbonyl (C=O) groups excluding carboxylic acids is 1. The van der Waals surface area contributed by atoms with E-state index >= 15 is 0 Å². The lowest BCUT2D eigenvalue weighted by molar-refractivity contribution is -0.166. The van der Waals surface area contributed by atoms with Crippen molar-refractivity contribution in [3.8, 4) is 0 Å². The predicted octanol–water partition coefficient (Wildman–Crippen LogP) is 0.541. The number of aromatic nitrogens is 2. The molecule has 1 aromatic heterocycles. The fourth-order valence-electron chi connectivity index (χ4n) is 3.94. The third-order valence-electron chi connectivity index (χ3n) is 5.20. The second kappa shape index (κ2) is 6.70. The van der Waals surface area contributed by atoms with Gasteiger partial charge in [-0.15, -0.1) is 0 Å². The van der Waals surface area contributed by atoms with Crippen LogP contribution in [0.1, 0.15) is 38.1 Å². The molecular formula is C16H24N4O4. The molecule has 2 saturated heterocycles. The van der Waals surface area contributed by atoms with Crippen molar-refractivity contribution in [2.24, 2.45) is 0 Å². The Labute approximate surface area is 140 Å². The SMILES string of the molecule is O=C(NC1CCCCC1)NC1C2COC(O2)C(n2cccn2)C1O. The van der Waals surface area contributed by atoms with Crippen LogP contribution in [0.15, 0.2) is 18.5 Å². The Morgan fingerprint density at radius 1 is 1.25 bits per heavy atom. The number of aliphatic hydroxyl groups is 1. The summed E-state index contributed by atoms with van der Waals surface area (Å²) in [4.78, 5) is 12.3. The number of ether oxygens (including phenoxy) is 2. The molecule has 0 spiro atoms. The molecule has 1 aromatic rings. The smallest absolute Gasteiger partial charge is 0.315 e. The second-order valence-corrected chi connectivity index (χ2v) is 6.82. The fourth-order valence-corrected chi connectivity index (χ4v) is 3.94. The molecule has 3 aliphatic rings. The molecule has 1 saturated carbocycles. The van der Waals surface area contributed by atoms with Gasteiger partial charge in [0.05, 0.1) is 12.6 Å². The highest BCUT2D eigenvalue weighted by Crippen LogP contribution is 2.35. The monoisotopic (exact) mass is 336 g/mol. The molecule has 8 heteroatoms. The summed E-state index contributed by atoms with van der Waals surface area (Å²) in [6.07, 6.45) is 7.28. The van der Waals surface area contributed by atoms with Gasteiger partial charge in [0.2, 0.25) is 0 Å². The predicted molar refractivity (Wildman–Crippen MR) is 84.2 cm³/mol. The minimum absolute atomic E-state index is 0.217. The lowest BCUT2D eigenvalue weighted by Crippen LogP contribution is -2.61. The van der Waals surface area contributed by atoms with Crippen LogP contribution in [-0.4, -0.2) is 58.1 Å². The maximum atomic E-state index is 12.3. The standard InChI is InChI=1S/C16H24N4O4/c21-14-12(19-16(22)18-10-5-2-1-3-6-10)11-9-23-15(24-11)13(14)20-8-4-7-17-20/h4,7-8,10-15,21H,1-3,5-6,9H2,(H2,18,19,22). The number of aliphatic hydroxyl groups excluding tert-OH is 1. The van der Waals surface area contributed by atoms with E-state index in [1.807, 2.05) is 0 Å². The fraction of sp³-hybridized carbons (Fsp3) is 0.750. The van der Waals surface area contributed by atoms with Crippen LogP contribution in [0.4, 0.5) is 4.79 Å². The quantitative estimate of drug-likeness (QED) is 0.748. The molecule has 3 N–H and O–H groups in total. The van der Waals surface area contributed by atoms with Gasteiger partial charge in [0.15, 0.2) is 6.29 Å². The number of rotatable bonds is 3. The molecule has 5 unspecified atom stereocenters. The van der Waals surface area contributed by atoms with Gasteiger partial charge in [-0.25, -0.2) is 4.79 Å². The number of hydrogen-bond donors (Lipinski definition) is 3. The Hall–Kier alpha value is -1.64. The molecule has 8 nitrogen and oxygen atoms in total. The van der Waals surface area contributed by atoms with Crippen molar-refractivity contribution < 1.29 is 19.4 Å². The summed E-state index contributed by atoms with van der Waals surface area (Å²) in [5.41, 5.74) is 0. The summed E-state index contributed by atoms with van der Waals surface area (Å²) in [6, 6.07) is 0.751. The van der Waals surface area contributed by atoms with E-state index < -0.39 is 24.5 Å². The molecule has 0 aromatic carbocycles. The van der Waals surface area contributed by atoms with Crippen LogP contribution in [0, 0.1) is 0 Å². The summed E-state index contributed by atoms with van der Waals surface area (Å²) in [7, 11) is 0. The van der Waals surface area contributed by atoms with Crippen LogP contribution in [0.2, 0.25) is 0 Å². The third-order valence-corrected chi connectivity index (χ3v) is 5.20. The van der Waals surface area contributed by atoms with Crippen molar-refractivity contribution in [2.45, 2.75) is 68.7 Å². The van der Waals surface area contributed by atoms with E-state index in [4.69, 9.17) is 9.47 Å². The van der Waals surface area contributed by atoms with Crippen molar-refractivity contribution in [3.63, 3.8) is 0 Å². The normalized spacial score (nSPS) is 36.5. The van der Waals surface area contributed by atoms with Crippen molar-refractivity contribution in [2.75, 3.05) is 6.61 Å². The first-order chi connectivity index (χ1) is 11.7. The van der Waals surface area contributed by atoms with Gasteiger partial charge in [0.1, 0.15) is 18.2 Å². The highest BCUT2D eigenvalue weighted by Gasteiger charge is 2.51. The topological polar surface area (TPSA) is 97.6 Å². The van der Waals surface area contributed by atoms with Crippen molar-refractivity contribution >= 4 is 6.03 Å². The molecule has 2 bridgehead atoms. The Morgan fingerprint density at radius 3 is 2.83 bits per heavy atom. The van der Waals surface area contributed by atoms with Crippen LogP contribution in [0.5, 0.6) is 0 Å². The second-order valence-electron chi connectivity index (χ2n) is 6.82. The third kappa shape index (κ3) is 3.01. The zero-order chi connectivity index (χ0) is 16.5. The first kappa shape index (κ1) is 15.9. The average molecular weight is 336 g/mol.